The highest BCUT2D eigenvalue weighted by Gasteiger charge is 2.15. The van der Waals surface area contributed by atoms with E-state index < -0.39 is 6.10 Å². The normalized spacial score (nSPS) is 13.2. The predicted octanol–water partition coefficient (Wildman–Crippen LogP) is 1.54. The van der Waals surface area contributed by atoms with Gasteiger partial charge in [-0.15, -0.1) is 0 Å². The van der Waals surface area contributed by atoms with Crippen molar-refractivity contribution in [2.24, 2.45) is 5.73 Å². The fraction of sp³-hybridized carbons (Fsp3) is 0.364. The SMILES string of the molecule is CCc1nc(Cl)c2c(C(O)CN)cccn12. The van der Waals surface area contributed by atoms with Crippen LogP contribution in [0, 0.1) is 0 Å². The molecule has 4 nitrogen and oxygen atoms in total. The lowest BCUT2D eigenvalue weighted by molar-refractivity contribution is 0.188. The third kappa shape index (κ3) is 1.69. The smallest absolute Gasteiger partial charge is 0.155 e. The lowest BCUT2D eigenvalue weighted by Gasteiger charge is -2.10. The summed E-state index contributed by atoms with van der Waals surface area (Å²) in [6, 6.07) is 3.68. The molecule has 5 heteroatoms. The third-order valence-electron chi connectivity index (χ3n) is 2.62. The number of halogens is 1. The minimum absolute atomic E-state index is 0.169. The first kappa shape index (κ1) is 11.4. The minimum Gasteiger partial charge on any atom is -0.387 e. The average Bonchev–Trinajstić information content (AvgIpc) is 2.65. The van der Waals surface area contributed by atoms with Crippen molar-refractivity contribution in [2.75, 3.05) is 6.54 Å². The molecular formula is C11H14ClN3O. The monoisotopic (exact) mass is 239 g/mol. The Bertz CT molecular complexity index is 509. The molecule has 2 heterocycles. The van der Waals surface area contributed by atoms with Crippen molar-refractivity contribution in [3.63, 3.8) is 0 Å². The van der Waals surface area contributed by atoms with E-state index in [0.717, 1.165) is 23.3 Å². The van der Waals surface area contributed by atoms with Crippen LogP contribution in [0.4, 0.5) is 0 Å². The van der Waals surface area contributed by atoms with Crippen LogP contribution < -0.4 is 5.73 Å². The number of nitrogens with zero attached hydrogens (tertiary/aromatic N) is 2. The lowest BCUT2D eigenvalue weighted by atomic mass is 10.1. The first-order valence-electron chi connectivity index (χ1n) is 5.22. The van der Waals surface area contributed by atoms with E-state index in [1.807, 2.05) is 29.7 Å². The van der Waals surface area contributed by atoms with E-state index >= 15 is 0 Å². The third-order valence-corrected chi connectivity index (χ3v) is 2.89. The molecule has 2 aromatic heterocycles. The van der Waals surface area contributed by atoms with Gasteiger partial charge in [0.25, 0.3) is 0 Å². The first-order valence-corrected chi connectivity index (χ1v) is 5.60. The predicted molar refractivity (Wildman–Crippen MR) is 63.6 cm³/mol. The Balaban J connectivity index is 2.72. The molecule has 0 bridgehead atoms. The molecule has 1 atom stereocenters. The number of nitrogens with two attached hydrogens (primary N) is 1. The van der Waals surface area contributed by atoms with Crippen LogP contribution in [-0.4, -0.2) is 21.0 Å². The highest BCUT2D eigenvalue weighted by molar-refractivity contribution is 6.33. The van der Waals surface area contributed by atoms with Crippen LogP contribution in [0.5, 0.6) is 0 Å². The van der Waals surface area contributed by atoms with Crippen LogP contribution in [0.15, 0.2) is 18.3 Å². The molecule has 3 N–H and O–H groups in total. The van der Waals surface area contributed by atoms with E-state index in [-0.39, 0.29) is 6.54 Å². The molecule has 0 aliphatic heterocycles. The Morgan fingerprint density at radius 2 is 2.38 bits per heavy atom. The Morgan fingerprint density at radius 1 is 1.62 bits per heavy atom. The van der Waals surface area contributed by atoms with Gasteiger partial charge < -0.3 is 15.2 Å². The Kier molecular flexibility index (Phi) is 3.14. The molecule has 0 amide bonds. The van der Waals surface area contributed by atoms with Gasteiger partial charge in [-0.1, -0.05) is 24.6 Å². The maximum atomic E-state index is 9.81. The second-order valence-corrected chi connectivity index (χ2v) is 3.96. The summed E-state index contributed by atoms with van der Waals surface area (Å²) in [6.45, 7) is 2.18. The minimum atomic E-state index is -0.706. The van der Waals surface area contributed by atoms with E-state index in [1.165, 1.54) is 0 Å². The zero-order chi connectivity index (χ0) is 11.7. The van der Waals surface area contributed by atoms with E-state index in [4.69, 9.17) is 17.3 Å². The van der Waals surface area contributed by atoms with Gasteiger partial charge in [-0.2, -0.15) is 0 Å². The second-order valence-electron chi connectivity index (χ2n) is 3.61. The van der Waals surface area contributed by atoms with E-state index in [2.05, 4.69) is 4.98 Å². The molecule has 2 aromatic rings. The van der Waals surface area contributed by atoms with Gasteiger partial charge in [0.15, 0.2) is 5.15 Å². The van der Waals surface area contributed by atoms with Crippen molar-refractivity contribution in [1.29, 1.82) is 0 Å². The van der Waals surface area contributed by atoms with Gasteiger partial charge in [0.2, 0.25) is 0 Å². The summed E-state index contributed by atoms with van der Waals surface area (Å²) in [5.74, 6) is 0.881. The van der Waals surface area contributed by atoms with Gasteiger partial charge >= 0.3 is 0 Å². The molecule has 0 fully saturated rings. The molecule has 1 unspecified atom stereocenters. The van der Waals surface area contributed by atoms with Crippen molar-refractivity contribution in [3.05, 3.63) is 34.9 Å². The maximum absolute atomic E-state index is 9.81. The molecular weight excluding hydrogens is 226 g/mol. The molecule has 0 radical (unpaired) electrons. The number of aryl methyl sites for hydroxylation is 1. The van der Waals surface area contributed by atoms with Crippen molar-refractivity contribution in [2.45, 2.75) is 19.4 Å². The summed E-state index contributed by atoms with van der Waals surface area (Å²) in [4.78, 5) is 4.26. The van der Waals surface area contributed by atoms with Gasteiger partial charge in [-0.25, -0.2) is 4.98 Å². The van der Waals surface area contributed by atoms with Crippen LogP contribution in [0.3, 0.4) is 0 Å². The number of imidazole rings is 1. The molecule has 2 rings (SSSR count). The summed E-state index contributed by atoms with van der Waals surface area (Å²) in [7, 11) is 0. The number of hydrogen-bond donors (Lipinski definition) is 2. The van der Waals surface area contributed by atoms with Gasteiger partial charge in [0.05, 0.1) is 11.6 Å². The van der Waals surface area contributed by atoms with Crippen LogP contribution >= 0.6 is 11.6 Å². The summed E-state index contributed by atoms with van der Waals surface area (Å²) in [5, 5.41) is 10.2. The highest BCUT2D eigenvalue weighted by atomic mass is 35.5. The average molecular weight is 240 g/mol. The number of aliphatic hydroxyl groups excluding tert-OH is 1. The molecule has 0 saturated heterocycles. The quantitative estimate of drug-likeness (QED) is 0.854. The Hall–Kier alpha value is -1.10. The molecule has 16 heavy (non-hydrogen) atoms. The number of rotatable bonds is 3. The summed E-state index contributed by atoms with van der Waals surface area (Å²) in [5.41, 5.74) is 6.94. The molecule has 0 aliphatic rings. The Morgan fingerprint density at radius 3 is 3.00 bits per heavy atom. The topological polar surface area (TPSA) is 63.5 Å². The van der Waals surface area contributed by atoms with Crippen LogP contribution in [0.25, 0.3) is 5.52 Å². The van der Waals surface area contributed by atoms with Crippen LogP contribution in [-0.2, 0) is 6.42 Å². The van der Waals surface area contributed by atoms with Crippen LogP contribution in [0.2, 0.25) is 5.15 Å². The van der Waals surface area contributed by atoms with Crippen molar-refractivity contribution in [3.8, 4) is 0 Å². The lowest BCUT2D eigenvalue weighted by Crippen LogP contribution is -2.12. The van der Waals surface area contributed by atoms with Crippen LogP contribution in [0.1, 0.15) is 24.4 Å². The number of pyridine rings is 1. The first-order chi connectivity index (χ1) is 7.69. The largest absolute Gasteiger partial charge is 0.387 e. The van der Waals surface area contributed by atoms with Gasteiger partial charge in [0.1, 0.15) is 5.82 Å². The summed E-state index contributed by atoms with van der Waals surface area (Å²) >= 11 is 6.08. The van der Waals surface area contributed by atoms with Gasteiger partial charge in [-0.05, 0) is 6.07 Å². The van der Waals surface area contributed by atoms with Crippen molar-refractivity contribution in [1.82, 2.24) is 9.38 Å². The Labute approximate surface area is 98.7 Å². The number of hydrogen-bond acceptors (Lipinski definition) is 3. The van der Waals surface area contributed by atoms with E-state index in [0.29, 0.717) is 5.15 Å². The summed E-state index contributed by atoms with van der Waals surface area (Å²) < 4.78 is 1.90. The molecule has 86 valence electrons. The molecule has 0 aliphatic carbocycles. The highest BCUT2D eigenvalue weighted by Crippen LogP contribution is 2.26. The number of aromatic nitrogens is 2. The fourth-order valence-corrected chi connectivity index (χ4v) is 2.12. The number of fused-ring (bicyclic) bond motifs is 1. The van der Waals surface area contributed by atoms with Gasteiger partial charge in [0, 0.05) is 24.7 Å². The van der Waals surface area contributed by atoms with Crippen molar-refractivity contribution < 1.29 is 5.11 Å². The zero-order valence-corrected chi connectivity index (χ0v) is 9.78. The van der Waals surface area contributed by atoms with Crippen molar-refractivity contribution >= 4 is 17.1 Å². The standard InChI is InChI=1S/C11H14ClN3O/c1-2-9-14-11(12)10-7(8(16)6-13)4-3-5-15(9)10/h3-5,8,16H,2,6,13H2,1H3. The summed E-state index contributed by atoms with van der Waals surface area (Å²) in [6.07, 6.45) is 1.97. The maximum Gasteiger partial charge on any atom is 0.155 e. The number of aliphatic hydroxyl groups is 1. The molecule has 0 spiro atoms. The van der Waals surface area contributed by atoms with Gasteiger partial charge in [-0.3, -0.25) is 0 Å². The molecule has 0 aromatic carbocycles. The second kappa shape index (κ2) is 4.41. The van der Waals surface area contributed by atoms with E-state index in [1.54, 1.807) is 0 Å². The molecule has 0 saturated carbocycles. The fourth-order valence-electron chi connectivity index (χ4n) is 1.82. The van der Waals surface area contributed by atoms with E-state index in [9.17, 15) is 5.11 Å². The zero-order valence-electron chi connectivity index (χ0n) is 9.02.